The van der Waals surface area contributed by atoms with Crippen LogP contribution < -0.4 is 5.32 Å². The third-order valence-corrected chi connectivity index (χ3v) is 1.62. The first kappa shape index (κ1) is 6.11. The molecule has 1 fully saturated rings. The van der Waals surface area contributed by atoms with Crippen LogP contribution in [0.3, 0.4) is 0 Å². The molecular weight excluding hydrogens is 101 g/mol. The molecule has 0 saturated carbocycles. The van der Waals surface area contributed by atoms with E-state index in [1.165, 1.54) is 12.6 Å². The number of nitrogens with one attached hydrogen (secondary N) is 1. The van der Waals surface area contributed by atoms with Crippen LogP contribution in [0.1, 0.15) is 0 Å². The molecule has 0 aliphatic carbocycles. The van der Waals surface area contributed by atoms with Crippen LogP contribution in [0.15, 0.2) is 0 Å². The Morgan fingerprint density at radius 3 is 2.38 bits per heavy atom. The first-order valence-electron chi connectivity index (χ1n) is 3.17. The molecule has 0 spiro atoms. The summed E-state index contributed by atoms with van der Waals surface area (Å²) < 4.78 is 5.15. The Labute approximate surface area is 50.7 Å². The van der Waals surface area contributed by atoms with Crippen molar-refractivity contribution < 1.29 is 4.65 Å². The molecule has 0 unspecified atom stereocenters. The fourth-order valence-corrected chi connectivity index (χ4v) is 1.03. The molecule has 3 heteroatoms. The predicted molar refractivity (Wildman–Crippen MR) is 35.2 cm³/mol. The highest BCUT2D eigenvalue weighted by atomic mass is 16.4. The van der Waals surface area contributed by atoms with Crippen molar-refractivity contribution in [3.8, 4) is 0 Å². The van der Waals surface area contributed by atoms with Gasteiger partial charge in [-0.2, -0.15) is 0 Å². The maximum absolute atomic E-state index is 5.15. The zero-order chi connectivity index (χ0) is 5.82. The van der Waals surface area contributed by atoms with E-state index in [4.69, 9.17) is 4.65 Å². The fraction of sp³-hybridized carbons (Fsp3) is 1.00. The molecule has 0 bridgehead atoms. The van der Waals surface area contributed by atoms with Crippen molar-refractivity contribution in [3.63, 3.8) is 0 Å². The Morgan fingerprint density at radius 1 is 1.38 bits per heavy atom. The van der Waals surface area contributed by atoms with E-state index >= 15 is 0 Å². The van der Waals surface area contributed by atoms with E-state index < -0.39 is 0 Å². The predicted octanol–water partition coefficient (Wildman–Crippen LogP) is 0.227. The maximum atomic E-state index is 5.15. The van der Waals surface area contributed by atoms with E-state index in [2.05, 4.69) is 5.32 Å². The zero-order valence-corrected chi connectivity index (χ0v) is 5.31. The van der Waals surface area contributed by atoms with Gasteiger partial charge in [0.2, 0.25) is 0 Å². The smallest absolute Gasteiger partial charge is 0.295 e. The van der Waals surface area contributed by atoms with Crippen molar-refractivity contribution >= 4 is 6.92 Å². The van der Waals surface area contributed by atoms with Gasteiger partial charge in [-0.3, -0.25) is 0 Å². The normalized spacial score (nSPS) is 21.4. The van der Waals surface area contributed by atoms with E-state index in [0.717, 1.165) is 13.1 Å². The second-order valence-electron chi connectivity index (χ2n) is 2.19. The largest absolute Gasteiger partial charge is 0.438 e. The van der Waals surface area contributed by atoms with Gasteiger partial charge in [0.25, 0.3) is 6.92 Å². The lowest BCUT2D eigenvalue weighted by molar-refractivity contribution is 0.408. The quantitative estimate of drug-likeness (QED) is 0.491. The molecule has 0 aromatic carbocycles. The van der Waals surface area contributed by atoms with Gasteiger partial charge in [-0.15, -0.1) is 0 Å². The van der Waals surface area contributed by atoms with Crippen LogP contribution in [0.5, 0.6) is 0 Å². The molecule has 46 valence electrons. The summed E-state index contributed by atoms with van der Waals surface area (Å²) in [7, 11) is 1.79. The third kappa shape index (κ3) is 1.49. The van der Waals surface area contributed by atoms with Gasteiger partial charge in [-0.05, 0) is 25.7 Å². The van der Waals surface area contributed by atoms with Crippen LogP contribution in [0.2, 0.25) is 12.6 Å². The van der Waals surface area contributed by atoms with Crippen molar-refractivity contribution in [2.45, 2.75) is 12.6 Å². The van der Waals surface area contributed by atoms with Crippen LogP contribution >= 0.6 is 0 Å². The molecule has 1 heterocycles. The zero-order valence-electron chi connectivity index (χ0n) is 5.31. The number of hydrogen-bond donors (Lipinski definition) is 1. The molecular formula is C5H12BNO. The van der Waals surface area contributed by atoms with Gasteiger partial charge in [-0.25, -0.2) is 0 Å². The Hall–Kier alpha value is -0.0151. The first-order valence-corrected chi connectivity index (χ1v) is 3.17. The third-order valence-electron chi connectivity index (χ3n) is 1.62. The number of hydrogen-bond acceptors (Lipinski definition) is 2. The molecule has 0 amide bonds. The molecule has 0 radical (unpaired) electrons. The molecule has 0 aromatic rings. The number of rotatable bonds is 1. The second-order valence-corrected chi connectivity index (χ2v) is 2.19. The Bertz CT molecular complexity index is 63.4. The highest BCUT2D eigenvalue weighted by Gasteiger charge is 2.15. The minimum Gasteiger partial charge on any atom is -0.438 e. The average molecular weight is 113 g/mol. The Balaban J connectivity index is 2.13. The van der Waals surface area contributed by atoms with Crippen molar-refractivity contribution in [2.75, 3.05) is 20.2 Å². The summed E-state index contributed by atoms with van der Waals surface area (Å²) in [4.78, 5) is 0. The molecule has 8 heavy (non-hydrogen) atoms. The minimum atomic E-state index is 0.524. The van der Waals surface area contributed by atoms with Crippen molar-refractivity contribution in [1.82, 2.24) is 5.32 Å². The molecule has 1 aliphatic heterocycles. The van der Waals surface area contributed by atoms with Gasteiger partial charge in [0, 0.05) is 7.11 Å². The van der Waals surface area contributed by atoms with E-state index in [-0.39, 0.29) is 0 Å². The molecule has 0 aromatic heterocycles. The summed E-state index contributed by atoms with van der Waals surface area (Å²) >= 11 is 0. The molecule has 1 saturated heterocycles. The summed E-state index contributed by atoms with van der Waals surface area (Å²) in [5.41, 5.74) is 0. The standard InChI is InChI=1S/C5H12BNO/c1-8-6-2-4-7-5-3-6/h7H,2-5H2,1H3. The maximum Gasteiger partial charge on any atom is 0.295 e. The van der Waals surface area contributed by atoms with E-state index in [9.17, 15) is 0 Å². The van der Waals surface area contributed by atoms with Crippen molar-refractivity contribution in [2.24, 2.45) is 0 Å². The van der Waals surface area contributed by atoms with Gasteiger partial charge >= 0.3 is 0 Å². The SMILES string of the molecule is COB1CCNCC1. The lowest BCUT2D eigenvalue weighted by Gasteiger charge is -2.16. The van der Waals surface area contributed by atoms with E-state index in [1.54, 1.807) is 7.11 Å². The average Bonchev–Trinajstić information content (AvgIpc) is 1.90. The lowest BCUT2D eigenvalue weighted by Crippen LogP contribution is -2.33. The van der Waals surface area contributed by atoms with Gasteiger partial charge in [0.1, 0.15) is 0 Å². The van der Waals surface area contributed by atoms with Crippen molar-refractivity contribution in [3.05, 3.63) is 0 Å². The van der Waals surface area contributed by atoms with E-state index in [0.29, 0.717) is 6.92 Å². The van der Waals surface area contributed by atoms with Gasteiger partial charge in [0.15, 0.2) is 0 Å². The van der Waals surface area contributed by atoms with Crippen LogP contribution in [0.25, 0.3) is 0 Å². The van der Waals surface area contributed by atoms with Gasteiger partial charge < -0.3 is 9.97 Å². The Morgan fingerprint density at radius 2 is 2.00 bits per heavy atom. The summed E-state index contributed by atoms with van der Waals surface area (Å²) in [6.07, 6.45) is 2.35. The highest BCUT2D eigenvalue weighted by Crippen LogP contribution is 2.02. The lowest BCUT2D eigenvalue weighted by atomic mass is 9.60. The first-order chi connectivity index (χ1) is 3.93. The molecule has 1 N–H and O–H groups in total. The summed E-state index contributed by atoms with van der Waals surface area (Å²) in [6.45, 7) is 2.77. The van der Waals surface area contributed by atoms with Crippen LogP contribution in [0, 0.1) is 0 Å². The van der Waals surface area contributed by atoms with Gasteiger partial charge in [-0.1, -0.05) is 0 Å². The Kier molecular flexibility index (Phi) is 2.37. The molecule has 0 atom stereocenters. The van der Waals surface area contributed by atoms with Crippen molar-refractivity contribution in [1.29, 1.82) is 0 Å². The monoisotopic (exact) mass is 113 g/mol. The highest BCUT2D eigenvalue weighted by molar-refractivity contribution is 6.52. The molecule has 1 aliphatic rings. The topological polar surface area (TPSA) is 21.3 Å². The van der Waals surface area contributed by atoms with Crippen LogP contribution in [-0.2, 0) is 4.65 Å². The second kappa shape index (κ2) is 3.10. The van der Waals surface area contributed by atoms with E-state index in [1.807, 2.05) is 0 Å². The summed E-state index contributed by atoms with van der Waals surface area (Å²) in [6, 6.07) is 0. The minimum absolute atomic E-state index is 0.524. The van der Waals surface area contributed by atoms with Crippen LogP contribution in [0.4, 0.5) is 0 Å². The summed E-state index contributed by atoms with van der Waals surface area (Å²) in [5.74, 6) is 0. The van der Waals surface area contributed by atoms with Gasteiger partial charge in [0.05, 0.1) is 0 Å². The molecule has 1 rings (SSSR count). The summed E-state index contributed by atoms with van der Waals surface area (Å²) in [5, 5.41) is 3.27. The fourth-order valence-electron chi connectivity index (χ4n) is 1.03. The van der Waals surface area contributed by atoms with Crippen LogP contribution in [-0.4, -0.2) is 27.1 Å². The molecule has 2 nitrogen and oxygen atoms in total.